The molecule has 0 saturated carbocycles. The van der Waals surface area contributed by atoms with Crippen LogP contribution in [0.25, 0.3) is 0 Å². The number of carbonyl (C=O) groups excluding carboxylic acids is 1. The molecule has 0 amide bonds. The minimum Gasteiger partial charge on any atom is -0.467 e. The Hall–Kier alpha value is -3.39. The lowest BCUT2D eigenvalue weighted by Gasteiger charge is -2.14. The van der Waals surface area contributed by atoms with Crippen molar-refractivity contribution in [3.8, 4) is 0 Å². The molecule has 1 N–H and O–H groups in total. The van der Waals surface area contributed by atoms with Crippen molar-refractivity contribution in [2.24, 2.45) is 0 Å². The number of aryl methyl sites for hydroxylation is 1. The summed E-state index contributed by atoms with van der Waals surface area (Å²) < 4.78 is 6.99. The first-order chi connectivity index (χ1) is 13.5. The maximum absolute atomic E-state index is 13.2. The fourth-order valence-corrected chi connectivity index (χ4v) is 3.08. The Morgan fingerprint density at radius 2 is 2.11 bits per heavy atom. The number of thiocarbonyl (C=S) groups is 1. The molecule has 0 radical (unpaired) electrons. The first kappa shape index (κ1) is 19.4. The minimum atomic E-state index is -0.841. The summed E-state index contributed by atoms with van der Waals surface area (Å²) in [4.78, 5) is 24.1. The summed E-state index contributed by atoms with van der Waals surface area (Å²) in [5.41, 5.74) is 1.02. The Bertz CT molecular complexity index is 1020. The lowest BCUT2D eigenvalue weighted by Crippen LogP contribution is -2.51. The first-order valence-corrected chi connectivity index (χ1v) is 8.92. The molecule has 0 saturated heterocycles. The van der Waals surface area contributed by atoms with E-state index >= 15 is 0 Å². The van der Waals surface area contributed by atoms with Crippen molar-refractivity contribution < 1.29 is 18.7 Å². The zero-order valence-electron chi connectivity index (χ0n) is 15.1. The number of nitrogens with one attached hydrogen (secondary N) is 1. The Morgan fingerprint density at radius 1 is 1.29 bits per heavy atom. The molecule has 0 spiro atoms. The molecule has 7 nitrogen and oxygen atoms in total. The summed E-state index contributed by atoms with van der Waals surface area (Å²) in [7, 11) is 0. The van der Waals surface area contributed by atoms with Crippen molar-refractivity contribution in [1.29, 1.82) is 0 Å². The van der Waals surface area contributed by atoms with Crippen LogP contribution in [0.2, 0.25) is 0 Å². The lowest BCUT2D eigenvalue weighted by atomic mass is 10.0. The number of aromatic nitrogens is 1. The van der Waals surface area contributed by atoms with Crippen LogP contribution in [0, 0.1) is 17.0 Å². The van der Waals surface area contributed by atoms with Gasteiger partial charge in [0.1, 0.15) is 5.76 Å². The predicted molar refractivity (Wildman–Crippen MR) is 106 cm³/mol. The fourth-order valence-electron chi connectivity index (χ4n) is 2.78. The van der Waals surface area contributed by atoms with Gasteiger partial charge >= 0.3 is 0 Å². The second-order valence-electron chi connectivity index (χ2n) is 6.20. The second kappa shape index (κ2) is 8.53. The summed E-state index contributed by atoms with van der Waals surface area (Å²) in [5, 5.41) is 14.1. The van der Waals surface area contributed by atoms with Crippen molar-refractivity contribution in [3.05, 3.63) is 94.2 Å². The summed E-state index contributed by atoms with van der Waals surface area (Å²) in [6.45, 7) is 2.24. The molecule has 3 aromatic rings. The smallest absolute Gasteiger partial charge is 0.270 e. The minimum absolute atomic E-state index is 0.145. The zero-order valence-corrected chi connectivity index (χ0v) is 15.9. The normalized spacial score (nSPS) is 11.6. The molecular weight excluding hydrogens is 378 g/mol. The molecule has 1 aromatic carbocycles. The van der Waals surface area contributed by atoms with Crippen molar-refractivity contribution >= 4 is 28.7 Å². The number of furan rings is 1. The van der Waals surface area contributed by atoms with E-state index in [9.17, 15) is 14.9 Å². The van der Waals surface area contributed by atoms with Gasteiger partial charge in [-0.2, -0.15) is 4.57 Å². The highest BCUT2D eigenvalue weighted by molar-refractivity contribution is 7.80. The molecule has 8 heteroatoms. The van der Waals surface area contributed by atoms with Gasteiger partial charge in [0.15, 0.2) is 17.4 Å². The van der Waals surface area contributed by atoms with Crippen LogP contribution in [-0.4, -0.2) is 15.7 Å². The number of rotatable bonds is 7. The van der Waals surface area contributed by atoms with E-state index in [4.69, 9.17) is 16.6 Å². The number of carbonyl (C=O) groups is 1. The summed E-state index contributed by atoms with van der Waals surface area (Å²) in [6.07, 6.45) is 5.11. The standard InChI is InChI=1S/C20H17N3O4S/c1-14-5-3-9-22(13-14)18(20(28)21-12-17-8-4-10-27-17)19(24)15-6-2-7-16(11-15)23(25)26/h2-11,13,18H,12H2,1H3/p+1/t18-/m1/s1. The number of nitro groups is 1. The van der Waals surface area contributed by atoms with Gasteiger partial charge in [-0.3, -0.25) is 14.9 Å². The van der Waals surface area contributed by atoms with E-state index in [0.29, 0.717) is 17.3 Å². The highest BCUT2D eigenvalue weighted by Crippen LogP contribution is 2.18. The van der Waals surface area contributed by atoms with Gasteiger partial charge in [0, 0.05) is 29.3 Å². The van der Waals surface area contributed by atoms with E-state index in [2.05, 4.69) is 5.32 Å². The van der Waals surface area contributed by atoms with Crippen LogP contribution in [0.15, 0.2) is 71.6 Å². The first-order valence-electron chi connectivity index (χ1n) is 8.52. The second-order valence-corrected chi connectivity index (χ2v) is 6.64. The number of ketones is 1. The van der Waals surface area contributed by atoms with Gasteiger partial charge in [-0.25, -0.2) is 0 Å². The van der Waals surface area contributed by atoms with Gasteiger partial charge in [-0.05, 0) is 25.1 Å². The third-order valence-electron chi connectivity index (χ3n) is 4.12. The number of hydrogen-bond acceptors (Lipinski definition) is 5. The average Bonchev–Trinajstić information content (AvgIpc) is 3.20. The molecule has 142 valence electrons. The SMILES string of the molecule is Cc1ccc[n+]([C@H](C(=O)c2cccc([N+](=O)[O-])c2)C(=S)NCc2ccco2)c1. The topological polar surface area (TPSA) is 89.3 Å². The van der Waals surface area contributed by atoms with Crippen LogP contribution >= 0.6 is 12.2 Å². The predicted octanol–water partition coefficient (Wildman–Crippen LogP) is 3.32. The maximum atomic E-state index is 13.2. The van der Waals surface area contributed by atoms with Gasteiger partial charge in [0.05, 0.1) is 17.7 Å². The maximum Gasteiger partial charge on any atom is 0.270 e. The monoisotopic (exact) mass is 396 g/mol. The van der Waals surface area contributed by atoms with Crippen molar-refractivity contribution in [2.75, 3.05) is 0 Å². The van der Waals surface area contributed by atoms with E-state index in [1.807, 2.05) is 19.1 Å². The van der Waals surface area contributed by atoms with Crippen LogP contribution < -0.4 is 9.88 Å². The molecule has 1 atom stereocenters. The van der Waals surface area contributed by atoms with E-state index in [1.165, 1.54) is 18.2 Å². The number of benzene rings is 1. The Morgan fingerprint density at radius 3 is 2.79 bits per heavy atom. The molecule has 2 aromatic heterocycles. The summed E-state index contributed by atoms with van der Waals surface area (Å²) >= 11 is 5.51. The van der Waals surface area contributed by atoms with Crippen molar-refractivity contribution in [3.63, 3.8) is 0 Å². The van der Waals surface area contributed by atoms with Gasteiger partial charge in [-0.15, -0.1) is 0 Å². The number of pyridine rings is 1. The number of nitrogens with zero attached hydrogens (tertiary/aromatic N) is 2. The van der Waals surface area contributed by atoms with Crippen LogP contribution in [0.3, 0.4) is 0 Å². The molecule has 0 aliphatic heterocycles. The third kappa shape index (κ3) is 4.47. The number of nitro benzene ring substituents is 1. The number of non-ortho nitro benzene ring substituents is 1. The number of hydrogen-bond donors (Lipinski definition) is 1. The average molecular weight is 396 g/mol. The molecule has 0 aliphatic rings. The summed E-state index contributed by atoms with van der Waals surface area (Å²) in [6, 6.07) is 12.1. The largest absolute Gasteiger partial charge is 0.467 e. The van der Waals surface area contributed by atoms with Gasteiger partial charge in [0.2, 0.25) is 5.78 Å². The van der Waals surface area contributed by atoms with E-state index in [0.717, 1.165) is 5.56 Å². The van der Waals surface area contributed by atoms with Crippen LogP contribution in [0.4, 0.5) is 5.69 Å². The highest BCUT2D eigenvalue weighted by atomic mass is 32.1. The molecule has 0 unspecified atom stereocenters. The Balaban J connectivity index is 1.93. The molecule has 0 aliphatic carbocycles. The molecule has 2 heterocycles. The van der Waals surface area contributed by atoms with Gasteiger partial charge in [-0.1, -0.05) is 24.4 Å². The van der Waals surface area contributed by atoms with Gasteiger partial charge in [0.25, 0.3) is 11.7 Å². The number of Topliss-reactive ketones (excluding diaryl/α,β-unsaturated/α-hetero) is 1. The van der Waals surface area contributed by atoms with Gasteiger partial charge < -0.3 is 9.73 Å². The third-order valence-corrected chi connectivity index (χ3v) is 4.49. The zero-order chi connectivity index (χ0) is 20.1. The van der Waals surface area contributed by atoms with E-state index in [1.54, 1.807) is 41.4 Å². The van der Waals surface area contributed by atoms with Crippen molar-refractivity contribution in [2.45, 2.75) is 19.5 Å². The molecule has 28 heavy (non-hydrogen) atoms. The summed E-state index contributed by atoms with van der Waals surface area (Å²) in [5.74, 6) is 0.342. The quantitative estimate of drug-likeness (QED) is 0.217. The molecule has 3 rings (SSSR count). The fraction of sp³-hybridized carbons (Fsp3) is 0.150. The van der Waals surface area contributed by atoms with E-state index < -0.39 is 11.0 Å². The molecular formula is C20H18N3O4S+. The lowest BCUT2D eigenvalue weighted by molar-refractivity contribution is -0.692. The molecule has 0 fully saturated rings. The highest BCUT2D eigenvalue weighted by Gasteiger charge is 2.34. The van der Waals surface area contributed by atoms with Crippen LogP contribution in [0.5, 0.6) is 0 Å². The molecule has 0 bridgehead atoms. The van der Waals surface area contributed by atoms with Crippen LogP contribution in [-0.2, 0) is 6.54 Å². The Labute approximate surface area is 166 Å². The Kier molecular flexibility index (Phi) is 5.90. The van der Waals surface area contributed by atoms with Crippen molar-refractivity contribution in [1.82, 2.24) is 5.32 Å². The van der Waals surface area contributed by atoms with E-state index in [-0.39, 0.29) is 17.0 Å². The van der Waals surface area contributed by atoms with Crippen LogP contribution in [0.1, 0.15) is 27.7 Å².